The van der Waals surface area contributed by atoms with Crippen molar-refractivity contribution in [2.75, 3.05) is 18.2 Å². The molecule has 0 aromatic carbocycles. The fraction of sp³-hybridized carbons (Fsp3) is 0.875. The summed E-state index contributed by atoms with van der Waals surface area (Å²) in [5.41, 5.74) is 5.17. The van der Waals surface area contributed by atoms with Gasteiger partial charge in [-0.25, -0.2) is 8.42 Å². The van der Waals surface area contributed by atoms with Crippen molar-refractivity contribution in [1.29, 1.82) is 0 Å². The molecule has 1 heterocycles. The van der Waals surface area contributed by atoms with Gasteiger partial charge in [-0.15, -0.1) is 11.6 Å². The highest BCUT2D eigenvalue weighted by Crippen LogP contribution is 2.20. The van der Waals surface area contributed by atoms with Crippen molar-refractivity contribution in [3.8, 4) is 0 Å². The Morgan fingerprint density at radius 3 is 2.67 bits per heavy atom. The molecule has 1 rings (SSSR count). The normalized spacial score (nSPS) is 23.9. The number of rotatable bonds is 4. The Morgan fingerprint density at radius 1 is 1.47 bits per heavy atom. The van der Waals surface area contributed by atoms with Crippen molar-refractivity contribution in [2.24, 2.45) is 5.73 Å². The summed E-state index contributed by atoms with van der Waals surface area (Å²) in [7, 11) is -3.43. The van der Waals surface area contributed by atoms with Crippen molar-refractivity contribution >= 4 is 27.5 Å². The van der Waals surface area contributed by atoms with Crippen LogP contribution in [0.5, 0.6) is 0 Å². The van der Waals surface area contributed by atoms with E-state index in [-0.39, 0.29) is 11.6 Å². The fourth-order valence-electron chi connectivity index (χ4n) is 1.74. The minimum atomic E-state index is -3.43. The van der Waals surface area contributed by atoms with Crippen LogP contribution in [-0.2, 0) is 14.8 Å². The molecule has 88 valence electrons. The molecule has 1 atom stereocenters. The molecule has 15 heavy (non-hydrogen) atoms. The van der Waals surface area contributed by atoms with E-state index in [4.69, 9.17) is 17.3 Å². The molecule has 1 unspecified atom stereocenters. The van der Waals surface area contributed by atoms with Gasteiger partial charge in [0.1, 0.15) is 6.04 Å². The van der Waals surface area contributed by atoms with Gasteiger partial charge in [0.25, 0.3) is 0 Å². The Kier molecular flexibility index (Phi) is 4.36. The van der Waals surface area contributed by atoms with Crippen LogP contribution in [0.25, 0.3) is 0 Å². The van der Waals surface area contributed by atoms with Crippen molar-refractivity contribution in [1.82, 2.24) is 4.31 Å². The summed E-state index contributed by atoms with van der Waals surface area (Å²) in [6.07, 6.45) is 2.11. The minimum Gasteiger partial charge on any atom is -0.368 e. The molecular weight excluding hydrogens is 240 g/mol. The second-order valence-corrected chi connectivity index (χ2v) is 5.95. The molecule has 5 nitrogen and oxygen atoms in total. The molecule has 1 saturated heterocycles. The Bertz CT molecular complexity index is 331. The van der Waals surface area contributed by atoms with Crippen LogP contribution < -0.4 is 5.73 Å². The standard InChI is InChI=1S/C8H15ClN2O3S/c9-4-6-15(13,14)11-5-2-1-3-7(11)8(10)12/h7H,1-6H2,(H2,10,12). The summed E-state index contributed by atoms with van der Waals surface area (Å²) in [6, 6.07) is -0.688. The molecule has 2 N–H and O–H groups in total. The van der Waals surface area contributed by atoms with E-state index in [0.717, 1.165) is 12.8 Å². The van der Waals surface area contributed by atoms with E-state index < -0.39 is 22.0 Å². The first kappa shape index (κ1) is 12.7. The predicted octanol–water partition coefficient (Wildman–Crippen LogP) is -0.105. The van der Waals surface area contributed by atoms with E-state index in [1.165, 1.54) is 4.31 Å². The van der Waals surface area contributed by atoms with E-state index in [0.29, 0.717) is 13.0 Å². The second kappa shape index (κ2) is 5.14. The highest BCUT2D eigenvalue weighted by molar-refractivity contribution is 7.89. The quantitative estimate of drug-likeness (QED) is 0.711. The average Bonchev–Trinajstić information content (AvgIpc) is 2.17. The number of amides is 1. The number of sulfonamides is 1. The number of carbonyl (C=O) groups is 1. The van der Waals surface area contributed by atoms with Gasteiger partial charge in [-0.05, 0) is 12.8 Å². The summed E-state index contributed by atoms with van der Waals surface area (Å²) in [5, 5.41) is 0. The fourth-order valence-corrected chi connectivity index (χ4v) is 3.76. The molecule has 0 aromatic rings. The number of hydrogen-bond acceptors (Lipinski definition) is 3. The van der Waals surface area contributed by atoms with Crippen molar-refractivity contribution in [2.45, 2.75) is 25.3 Å². The Labute approximate surface area is 94.6 Å². The zero-order chi connectivity index (χ0) is 11.5. The largest absolute Gasteiger partial charge is 0.368 e. The first-order valence-corrected chi connectivity index (χ1v) is 6.98. The molecule has 1 fully saturated rings. The molecule has 1 aliphatic heterocycles. The van der Waals surface area contributed by atoms with Gasteiger partial charge >= 0.3 is 0 Å². The maximum Gasteiger partial charge on any atom is 0.235 e. The van der Waals surface area contributed by atoms with Gasteiger partial charge < -0.3 is 5.73 Å². The summed E-state index contributed by atoms with van der Waals surface area (Å²) < 4.78 is 24.7. The van der Waals surface area contributed by atoms with Gasteiger partial charge in [0.05, 0.1) is 5.75 Å². The van der Waals surface area contributed by atoms with Gasteiger partial charge in [0.15, 0.2) is 0 Å². The first-order valence-electron chi connectivity index (χ1n) is 4.84. The summed E-state index contributed by atoms with van der Waals surface area (Å²) in [6.45, 7) is 0.368. The monoisotopic (exact) mass is 254 g/mol. The number of primary amides is 1. The molecule has 0 aromatic heterocycles. The van der Waals surface area contributed by atoms with Gasteiger partial charge in [0, 0.05) is 12.4 Å². The van der Waals surface area contributed by atoms with Crippen molar-refractivity contribution in [3.63, 3.8) is 0 Å². The number of hydrogen-bond donors (Lipinski definition) is 1. The summed E-state index contributed by atoms with van der Waals surface area (Å²) in [4.78, 5) is 11.1. The SMILES string of the molecule is NC(=O)C1CCCCN1S(=O)(=O)CCCl. The van der Waals surface area contributed by atoms with Crippen LogP contribution in [0, 0.1) is 0 Å². The Morgan fingerprint density at radius 2 is 2.13 bits per heavy atom. The number of alkyl halides is 1. The van der Waals surface area contributed by atoms with Gasteiger partial charge in [-0.1, -0.05) is 6.42 Å². The third-order valence-electron chi connectivity index (χ3n) is 2.47. The average molecular weight is 255 g/mol. The maximum absolute atomic E-state index is 11.7. The number of nitrogens with zero attached hydrogens (tertiary/aromatic N) is 1. The third kappa shape index (κ3) is 3.06. The van der Waals surface area contributed by atoms with E-state index in [9.17, 15) is 13.2 Å². The van der Waals surface area contributed by atoms with Crippen LogP contribution >= 0.6 is 11.6 Å². The van der Waals surface area contributed by atoms with Gasteiger partial charge in [-0.2, -0.15) is 4.31 Å². The Balaban J connectivity index is 2.85. The van der Waals surface area contributed by atoms with Gasteiger partial charge in [-0.3, -0.25) is 4.79 Å². The molecule has 0 bridgehead atoms. The summed E-state index contributed by atoms with van der Waals surface area (Å²) >= 11 is 5.41. The molecular formula is C8H15ClN2O3S. The first-order chi connectivity index (χ1) is 6.99. The topological polar surface area (TPSA) is 80.5 Å². The molecule has 7 heteroatoms. The van der Waals surface area contributed by atoms with Crippen LogP contribution in [0.3, 0.4) is 0 Å². The lowest BCUT2D eigenvalue weighted by Gasteiger charge is -2.32. The molecule has 0 saturated carbocycles. The van der Waals surface area contributed by atoms with Crippen LogP contribution in [0.15, 0.2) is 0 Å². The Hall–Kier alpha value is -0.330. The van der Waals surface area contributed by atoms with Crippen LogP contribution in [0.2, 0.25) is 0 Å². The smallest absolute Gasteiger partial charge is 0.235 e. The maximum atomic E-state index is 11.7. The lowest BCUT2D eigenvalue weighted by atomic mass is 10.0. The highest BCUT2D eigenvalue weighted by atomic mass is 35.5. The zero-order valence-electron chi connectivity index (χ0n) is 8.36. The third-order valence-corrected chi connectivity index (χ3v) is 4.76. The van der Waals surface area contributed by atoms with Gasteiger partial charge in [0.2, 0.25) is 15.9 Å². The number of piperidine rings is 1. The van der Waals surface area contributed by atoms with E-state index in [1.54, 1.807) is 0 Å². The van der Waals surface area contributed by atoms with Crippen LogP contribution in [0.4, 0.5) is 0 Å². The van der Waals surface area contributed by atoms with E-state index in [2.05, 4.69) is 0 Å². The lowest BCUT2D eigenvalue weighted by molar-refractivity contribution is -0.122. The van der Waals surface area contributed by atoms with E-state index in [1.807, 2.05) is 0 Å². The molecule has 1 aliphatic rings. The summed E-state index contributed by atoms with van der Waals surface area (Å²) in [5.74, 6) is -0.685. The molecule has 0 spiro atoms. The molecule has 1 amide bonds. The van der Waals surface area contributed by atoms with Crippen LogP contribution in [-0.4, -0.2) is 42.8 Å². The van der Waals surface area contributed by atoms with Crippen LogP contribution in [0.1, 0.15) is 19.3 Å². The highest BCUT2D eigenvalue weighted by Gasteiger charge is 2.34. The second-order valence-electron chi connectivity index (χ2n) is 3.53. The molecule has 0 aliphatic carbocycles. The number of nitrogens with two attached hydrogens (primary N) is 1. The molecule has 0 radical (unpaired) electrons. The predicted molar refractivity (Wildman–Crippen MR) is 58.0 cm³/mol. The number of carbonyl (C=O) groups excluding carboxylic acids is 1. The van der Waals surface area contributed by atoms with Crippen molar-refractivity contribution < 1.29 is 13.2 Å². The van der Waals surface area contributed by atoms with E-state index >= 15 is 0 Å². The zero-order valence-corrected chi connectivity index (χ0v) is 9.93. The lowest BCUT2D eigenvalue weighted by Crippen LogP contribution is -2.51. The minimum absolute atomic E-state index is 0.0321. The number of halogens is 1. The van der Waals surface area contributed by atoms with Crippen molar-refractivity contribution in [3.05, 3.63) is 0 Å².